The van der Waals surface area contributed by atoms with Crippen molar-refractivity contribution in [2.45, 2.75) is 48.5 Å². The van der Waals surface area contributed by atoms with Crippen LogP contribution in [0.1, 0.15) is 84.5 Å². The van der Waals surface area contributed by atoms with Crippen molar-refractivity contribution < 1.29 is 77.1 Å². The summed E-state index contributed by atoms with van der Waals surface area (Å²) in [6.45, 7) is 10.5. The summed E-state index contributed by atoms with van der Waals surface area (Å²) in [5, 5.41) is 49.0. The molecule has 0 aliphatic heterocycles. The molecule has 2 aromatic heterocycles. The summed E-state index contributed by atoms with van der Waals surface area (Å²) >= 11 is 6.94. The van der Waals surface area contributed by atoms with Gasteiger partial charge in [0.1, 0.15) is 46.5 Å². The highest BCUT2D eigenvalue weighted by atomic mass is 36.0. The standard InChI is InChI=1S/C13H11N3O5S.C10H9ClO3.C10H10O4.C8H8O3.C3H3N3O2S.Cl2OS/c1-7-4-3-5-9(11(7)21-8(2)17)12(18)15-13-14-6-10(22-13)16(19)20;1-6-4-3-5-8(10(11)13)9(6)14-7(2)12;1-6-4-3-5-8(10(12)13)9(6)14-7(2)11;1-5-3-2-4-6(7(5)9)8(10)11;4-3-5-1-2(9-3)6(7)8;1-4(2)3/h3-6H,1-2H3,(H,14,15,18);3-5H,1-2H3;3-5H,1-2H3,(H,12,13);2-4,9H,1H3,(H,10,11);1H,(H2,4,5);. The fourth-order valence-corrected chi connectivity index (χ4v) is 6.34. The van der Waals surface area contributed by atoms with Crippen LogP contribution < -0.4 is 25.3 Å². The summed E-state index contributed by atoms with van der Waals surface area (Å²) in [5.41, 5.74) is 7.94. The fourth-order valence-electron chi connectivity index (χ4n) is 5.06. The Hall–Kier alpha value is -7.95. The third-order valence-electron chi connectivity index (χ3n) is 8.11. The molecule has 0 atom stereocenters. The van der Waals surface area contributed by atoms with E-state index < -0.39 is 60.1 Å². The average Bonchev–Trinajstić information content (AvgIpc) is 3.96. The lowest BCUT2D eigenvalue weighted by Gasteiger charge is -2.10. The Kier molecular flexibility index (Phi) is 27.3. The Labute approximate surface area is 443 Å². The molecule has 2 heterocycles. The van der Waals surface area contributed by atoms with E-state index in [0.29, 0.717) is 22.3 Å². The number of aromatic carboxylic acids is 2. The largest absolute Gasteiger partial charge is 0.507 e. The van der Waals surface area contributed by atoms with Crippen LogP contribution in [0.15, 0.2) is 85.2 Å². The molecule has 0 aliphatic carbocycles. The van der Waals surface area contributed by atoms with Crippen molar-refractivity contribution in [3.05, 3.63) is 150 Å². The number of carbonyl (C=O) groups is 7. The second-order valence-corrected chi connectivity index (χ2v) is 18.6. The number of nitrogens with zero attached hydrogens (tertiary/aromatic N) is 4. The number of hydrogen-bond donors (Lipinski definition) is 5. The van der Waals surface area contributed by atoms with Crippen LogP contribution in [-0.2, 0) is 23.6 Å². The zero-order chi connectivity index (χ0) is 56.6. The number of nitrogens with two attached hydrogens (primary N) is 1. The molecule has 0 saturated heterocycles. The number of anilines is 2. The second-order valence-electron chi connectivity index (χ2n) is 13.7. The van der Waals surface area contributed by atoms with Crippen molar-refractivity contribution in [3.8, 4) is 23.0 Å². The number of amides is 1. The maximum atomic E-state index is 12.2. The molecule has 0 spiro atoms. The van der Waals surface area contributed by atoms with Gasteiger partial charge in [-0.1, -0.05) is 48.5 Å². The summed E-state index contributed by atoms with van der Waals surface area (Å²) in [7, 11) is 7.36. The van der Waals surface area contributed by atoms with Crippen LogP contribution in [0.4, 0.5) is 20.3 Å². The van der Waals surface area contributed by atoms with Crippen LogP contribution in [0.5, 0.6) is 23.0 Å². The van der Waals surface area contributed by atoms with Crippen molar-refractivity contribution >= 4 is 126 Å². The van der Waals surface area contributed by atoms with Gasteiger partial charge < -0.3 is 35.3 Å². The highest BCUT2D eigenvalue weighted by molar-refractivity contribution is 8.26. The highest BCUT2D eigenvalue weighted by Crippen LogP contribution is 2.29. The van der Waals surface area contributed by atoms with E-state index in [1.807, 2.05) is 0 Å². The molecule has 0 radical (unpaired) electrons. The van der Waals surface area contributed by atoms with Gasteiger partial charge in [-0.25, -0.2) is 23.8 Å². The normalized spacial score (nSPS) is 9.66. The number of aromatic hydroxyl groups is 1. The Morgan fingerprint density at radius 2 is 0.973 bits per heavy atom. The van der Waals surface area contributed by atoms with Crippen molar-refractivity contribution in [3.63, 3.8) is 0 Å². The SMILES string of the molecule is CC(=O)Oc1c(C)cccc1C(=O)Cl.CC(=O)Oc1c(C)cccc1C(=O)Nc1ncc([N+](=O)[O-])s1.CC(=O)Oc1c(C)cccc1C(=O)O.Cc1cccc(C(=O)O)c1O.Nc1ncc([N+](=O)[O-])s1.O=S(Cl)Cl. The Balaban J connectivity index is 0.000000468. The number of rotatable bonds is 10. The monoisotopic (exact) mass is 1140 g/mol. The van der Waals surface area contributed by atoms with Gasteiger partial charge in [0.15, 0.2) is 10.3 Å². The minimum atomic E-state index is -1.67. The molecular formula is C44H41Cl3N6O18S3. The molecule has 394 valence electrons. The first-order chi connectivity index (χ1) is 34.5. The van der Waals surface area contributed by atoms with E-state index in [9.17, 15) is 58.9 Å². The van der Waals surface area contributed by atoms with Crippen molar-refractivity contribution in [1.29, 1.82) is 0 Å². The molecule has 30 heteroatoms. The second kappa shape index (κ2) is 31.5. The fraction of sp³-hybridized carbons (Fsp3) is 0.159. The van der Waals surface area contributed by atoms with E-state index >= 15 is 0 Å². The number of carboxylic acids is 2. The Morgan fingerprint density at radius 1 is 0.622 bits per heavy atom. The van der Waals surface area contributed by atoms with E-state index in [2.05, 4.69) is 36.6 Å². The number of esters is 3. The number of nitrogens with one attached hydrogen (secondary N) is 1. The number of hydrogen-bond acceptors (Lipinski definition) is 21. The van der Waals surface area contributed by atoms with Crippen LogP contribution in [0, 0.1) is 47.9 Å². The number of benzene rings is 4. The summed E-state index contributed by atoms with van der Waals surface area (Å²) in [5.74, 6) is -3.97. The molecule has 0 aliphatic rings. The first-order valence-electron chi connectivity index (χ1n) is 19.8. The molecular weight excluding hydrogens is 1100 g/mol. The molecule has 6 aromatic rings. The summed E-state index contributed by atoms with van der Waals surface area (Å²) < 4.78 is 23.9. The van der Waals surface area contributed by atoms with Gasteiger partial charge in [0.25, 0.3) is 11.1 Å². The van der Waals surface area contributed by atoms with Gasteiger partial charge in [0.2, 0.25) is 9.23 Å². The number of carbonyl (C=O) groups excluding carboxylic acids is 5. The smallest absolute Gasteiger partial charge is 0.345 e. The van der Waals surface area contributed by atoms with Gasteiger partial charge in [0, 0.05) is 42.1 Å². The van der Waals surface area contributed by atoms with Crippen molar-refractivity contribution in [2.24, 2.45) is 0 Å². The first kappa shape index (κ1) is 64.1. The molecule has 6 rings (SSSR count). The third-order valence-corrected chi connectivity index (χ3v) is 9.96. The number of aryl methyl sites for hydroxylation is 4. The molecule has 6 N–H and O–H groups in total. The average molecular weight is 1140 g/mol. The van der Waals surface area contributed by atoms with Crippen molar-refractivity contribution in [2.75, 3.05) is 11.1 Å². The van der Waals surface area contributed by atoms with Crippen LogP contribution in [0.3, 0.4) is 0 Å². The number of nitro groups is 2. The molecule has 24 nitrogen and oxygen atoms in total. The first-order valence-corrected chi connectivity index (χ1v) is 24.6. The van der Waals surface area contributed by atoms with Crippen LogP contribution in [-0.4, -0.2) is 80.3 Å². The Morgan fingerprint density at radius 3 is 1.31 bits per heavy atom. The predicted molar refractivity (Wildman–Crippen MR) is 274 cm³/mol. The van der Waals surface area contributed by atoms with Gasteiger partial charge in [-0.15, -0.1) is 0 Å². The molecule has 4 aromatic carbocycles. The number of nitrogen functional groups attached to an aromatic ring is 1. The molecule has 0 bridgehead atoms. The van der Waals surface area contributed by atoms with E-state index in [-0.39, 0.29) is 65.5 Å². The lowest BCUT2D eigenvalue weighted by molar-refractivity contribution is -0.380. The minimum Gasteiger partial charge on any atom is -0.507 e. The van der Waals surface area contributed by atoms with Gasteiger partial charge in [-0.3, -0.25) is 49.5 Å². The van der Waals surface area contributed by atoms with Crippen LogP contribution >= 0.6 is 55.6 Å². The van der Waals surface area contributed by atoms with E-state index in [0.717, 1.165) is 35.1 Å². The topological polar surface area (TPSA) is 375 Å². The highest BCUT2D eigenvalue weighted by Gasteiger charge is 2.20. The number of phenols is 1. The maximum absolute atomic E-state index is 12.2. The molecule has 1 amide bonds. The lowest BCUT2D eigenvalue weighted by Crippen LogP contribution is -2.15. The Bertz CT molecular complexity index is 2980. The number of aromatic nitrogens is 2. The quantitative estimate of drug-likeness (QED) is 0.0280. The molecule has 0 saturated carbocycles. The van der Waals surface area contributed by atoms with E-state index in [1.165, 1.54) is 45.0 Å². The molecule has 74 heavy (non-hydrogen) atoms. The van der Waals surface area contributed by atoms with Crippen LogP contribution in [0.2, 0.25) is 0 Å². The van der Waals surface area contributed by atoms with E-state index in [4.69, 9.17) is 46.0 Å². The number of para-hydroxylation sites is 4. The van der Waals surface area contributed by atoms with E-state index in [1.54, 1.807) is 76.2 Å². The molecule has 0 fully saturated rings. The summed E-state index contributed by atoms with van der Waals surface area (Å²) in [6, 6.07) is 19.1. The van der Waals surface area contributed by atoms with Gasteiger partial charge in [0.05, 0.1) is 21.0 Å². The number of thiazole rings is 2. The van der Waals surface area contributed by atoms with Gasteiger partial charge in [-0.05, 0) is 108 Å². The van der Waals surface area contributed by atoms with Crippen LogP contribution in [0.25, 0.3) is 0 Å². The molecule has 0 unspecified atom stereocenters. The third kappa shape index (κ3) is 22.6. The van der Waals surface area contributed by atoms with Gasteiger partial charge in [-0.2, -0.15) is 0 Å². The number of ether oxygens (including phenoxy) is 3. The van der Waals surface area contributed by atoms with Crippen molar-refractivity contribution in [1.82, 2.24) is 9.97 Å². The summed E-state index contributed by atoms with van der Waals surface area (Å²) in [6.07, 6.45) is 2.20. The predicted octanol–water partition coefficient (Wildman–Crippen LogP) is 9.53. The number of carboxylic acid groups (broad SMARTS) is 2. The maximum Gasteiger partial charge on any atom is 0.345 e. The van der Waals surface area contributed by atoms with Gasteiger partial charge >= 0.3 is 39.8 Å². The zero-order valence-electron chi connectivity index (χ0n) is 39.3. The minimum absolute atomic E-state index is 0.000185. The summed E-state index contributed by atoms with van der Waals surface area (Å²) in [4.78, 5) is 104. The number of halogens is 3. The lowest BCUT2D eigenvalue weighted by atomic mass is 10.1. The zero-order valence-corrected chi connectivity index (χ0v) is 44.0.